The number of methoxy groups -OCH3 is 1. The molecule has 2 aromatic carbocycles. The van der Waals surface area contributed by atoms with Gasteiger partial charge in [0.1, 0.15) is 5.75 Å². The lowest BCUT2D eigenvalue weighted by molar-refractivity contribution is -0.117. The van der Waals surface area contributed by atoms with Crippen molar-refractivity contribution in [3.05, 3.63) is 82.6 Å². The van der Waals surface area contributed by atoms with Crippen molar-refractivity contribution < 1.29 is 9.53 Å². The molecule has 0 bridgehead atoms. The summed E-state index contributed by atoms with van der Waals surface area (Å²) in [4.78, 5) is 15.9. The van der Waals surface area contributed by atoms with Crippen molar-refractivity contribution in [1.82, 2.24) is 5.32 Å². The molecule has 0 spiro atoms. The highest BCUT2D eigenvalue weighted by Crippen LogP contribution is 2.29. The van der Waals surface area contributed by atoms with Crippen LogP contribution in [0.3, 0.4) is 0 Å². The Balaban J connectivity index is 1.80. The molecule has 148 valence electrons. The van der Waals surface area contributed by atoms with E-state index in [1.54, 1.807) is 23.3 Å². The van der Waals surface area contributed by atoms with Crippen LogP contribution in [0.25, 0.3) is 0 Å². The highest BCUT2D eigenvalue weighted by Gasteiger charge is 2.21. The van der Waals surface area contributed by atoms with Gasteiger partial charge in [-0.25, -0.2) is 0 Å². The van der Waals surface area contributed by atoms with Gasteiger partial charge < -0.3 is 9.64 Å². The monoisotopic (exact) mass is 405 g/mol. The molecular weight excluding hydrogens is 382 g/mol. The predicted molar refractivity (Wildman–Crippen MR) is 116 cm³/mol. The van der Waals surface area contributed by atoms with Crippen molar-refractivity contribution in [1.29, 1.82) is 5.26 Å². The number of hydrogen-bond acceptors (Lipinski definition) is 5. The van der Waals surface area contributed by atoms with Crippen LogP contribution in [0.4, 0.5) is 5.69 Å². The summed E-state index contributed by atoms with van der Waals surface area (Å²) in [5, 5.41) is 14.5. The average Bonchev–Trinajstić information content (AvgIpc) is 3.30. The van der Waals surface area contributed by atoms with E-state index < -0.39 is 0 Å². The maximum atomic E-state index is 13.1. The van der Waals surface area contributed by atoms with Crippen LogP contribution in [-0.2, 0) is 4.79 Å². The van der Waals surface area contributed by atoms with E-state index >= 15 is 0 Å². The van der Waals surface area contributed by atoms with E-state index in [4.69, 9.17) is 10.00 Å². The highest BCUT2D eigenvalue weighted by molar-refractivity contribution is 7.10. The molecule has 1 heterocycles. The van der Waals surface area contributed by atoms with Crippen LogP contribution >= 0.6 is 11.3 Å². The second-order valence-corrected chi connectivity index (χ2v) is 7.34. The molecule has 6 heteroatoms. The Bertz CT molecular complexity index is 952. The lowest BCUT2D eigenvalue weighted by Crippen LogP contribution is -2.40. The quantitative estimate of drug-likeness (QED) is 0.574. The van der Waals surface area contributed by atoms with Crippen molar-refractivity contribution in [3.63, 3.8) is 0 Å². The van der Waals surface area contributed by atoms with Gasteiger partial charge in [0.05, 0.1) is 37.9 Å². The summed E-state index contributed by atoms with van der Waals surface area (Å²) >= 11 is 1.65. The summed E-state index contributed by atoms with van der Waals surface area (Å²) < 4.78 is 5.41. The van der Waals surface area contributed by atoms with Gasteiger partial charge >= 0.3 is 0 Å². The van der Waals surface area contributed by atoms with E-state index in [-0.39, 0.29) is 24.9 Å². The second-order valence-electron chi connectivity index (χ2n) is 6.37. The lowest BCUT2D eigenvalue weighted by atomic mass is 10.1. The van der Waals surface area contributed by atoms with Crippen molar-refractivity contribution in [2.75, 3.05) is 25.1 Å². The van der Waals surface area contributed by atoms with E-state index in [1.165, 1.54) is 0 Å². The van der Waals surface area contributed by atoms with Gasteiger partial charge in [0, 0.05) is 11.4 Å². The zero-order valence-corrected chi connectivity index (χ0v) is 17.1. The molecule has 1 atom stereocenters. The smallest absolute Gasteiger partial charge is 0.241 e. The Morgan fingerprint density at radius 3 is 2.59 bits per heavy atom. The molecule has 0 radical (unpaired) electrons. The van der Waals surface area contributed by atoms with Crippen LogP contribution in [0.5, 0.6) is 5.75 Å². The first-order valence-corrected chi connectivity index (χ1v) is 10.2. The molecule has 1 N–H and O–H groups in total. The molecule has 1 aromatic heterocycles. The number of carbonyl (C=O) groups excluding carboxylic acids is 1. The Morgan fingerprint density at radius 1 is 1.14 bits per heavy atom. The number of hydrogen-bond donors (Lipinski definition) is 1. The van der Waals surface area contributed by atoms with Crippen molar-refractivity contribution in [2.24, 2.45) is 0 Å². The molecule has 0 saturated carbocycles. The van der Waals surface area contributed by atoms with Crippen LogP contribution in [0.15, 0.2) is 72.1 Å². The topological polar surface area (TPSA) is 65.4 Å². The number of benzene rings is 2. The van der Waals surface area contributed by atoms with Crippen LogP contribution in [-0.4, -0.2) is 26.1 Å². The SMILES string of the molecule is COc1ccccc1N(CCC#N)C(=O)CN[C@H](c1ccccc1)c1cccs1. The fourth-order valence-electron chi connectivity index (χ4n) is 3.16. The number of para-hydroxylation sites is 2. The van der Waals surface area contributed by atoms with Crippen molar-refractivity contribution in [2.45, 2.75) is 12.5 Å². The normalized spacial score (nSPS) is 11.4. The Hall–Kier alpha value is -3.14. The van der Waals surface area contributed by atoms with E-state index in [0.29, 0.717) is 18.0 Å². The fourth-order valence-corrected chi connectivity index (χ4v) is 3.99. The van der Waals surface area contributed by atoms with Crippen LogP contribution < -0.4 is 15.0 Å². The number of carbonyl (C=O) groups is 1. The third-order valence-electron chi connectivity index (χ3n) is 4.54. The number of ether oxygens (including phenoxy) is 1. The van der Waals surface area contributed by atoms with E-state index in [0.717, 1.165) is 10.4 Å². The Morgan fingerprint density at radius 2 is 1.90 bits per heavy atom. The molecule has 3 rings (SSSR count). The second kappa shape index (κ2) is 10.4. The molecule has 0 saturated heterocycles. The number of anilines is 1. The van der Waals surface area contributed by atoms with Gasteiger partial charge in [-0.1, -0.05) is 48.5 Å². The number of rotatable bonds is 9. The summed E-state index contributed by atoms with van der Waals surface area (Å²) in [6, 6.07) is 23.5. The molecule has 0 aliphatic heterocycles. The number of thiophene rings is 1. The largest absolute Gasteiger partial charge is 0.495 e. The fraction of sp³-hybridized carbons (Fsp3) is 0.217. The third kappa shape index (κ3) is 5.23. The summed E-state index contributed by atoms with van der Waals surface area (Å²) in [6.45, 7) is 0.452. The summed E-state index contributed by atoms with van der Waals surface area (Å²) in [5.74, 6) is 0.499. The summed E-state index contributed by atoms with van der Waals surface area (Å²) in [5.41, 5.74) is 1.77. The third-order valence-corrected chi connectivity index (χ3v) is 5.48. The Kier molecular flexibility index (Phi) is 7.40. The highest BCUT2D eigenvalue weighted by atomic mass is 32.1. The van der Waals surface area contributed by atoms with Gasteiger partial charge in [0.15, 0.2) is 0 Å². The molecule has 0 fully saturated rings. The predicted octanol–water partition coefficient (Wildman–Crippen LogP) is 4.38. The molecule has 0 unspecified atom stereocenters. The molecule has 0 aliphatic rings. The van der Waals surface area contributed by atoms with Crippen LogP contribution in [0.2, 0.25) is 0 Å². The standard InChI is InChI=1S/C23H23N3O2S/c1-28-20-12-6-5-11-19(20)26(15-8-14-24)22(27)17-25-23(21-13-7-16-29-21)18-9-3-2-4-10-18/h2-7,9-13,16,23,25H,8,15,17H2,1H3/t23-/m1/s1. The molecule has 3 aromatic rings. The zero-order chi connectivity index (χ0) is 20.5. The lowest BCUT2D eigenvalue weighted by Gasteiger charge is -2.25. The summed E-state index contributed by atoms with van der Waals surface area (Å²) in [6.07, 6.45) is 0.247. The van der Waals surface area contributed by atoms with Crippen LogP contribution in [0.1, 0.15) is 22.9 Å². The number of nitriles is 1. The van der Waals surface area contributed by atoms with Crippen LogP contribution in [0, 0.1) is 11.3 Å². The number of nitrogens with zero attached hydrogens (tertiary/aromatic N) is 2. The first-order valence-electron chi connectivity index (χ1n) is 9.36. The van der Waals surface area contributed by atoms with Crippen molar-refractivity contribution >= 4 is 22.9 Å². The maximum absolute atomic E-state index is 13.1. The van der Waals surface area contributed by atoms with E-state index in [1.807, 2.05) is 53.9 Å². The summed E-state index contributed by atoms with van der Waals surface area (Å²) in [7, 11) is 1.58. The molecule has 0 aliphatic carbocycles. The maximum Gasteiger partial charge on any atom is 0.241 e. The Labute approximate surface area is 175 Å². The minimum absolute atomic E-state index is 0.0735. The van der Waals surface area contributed by atoms with Gasteiger partial charge in [-0.2, -0.15) is 5.26 Å². The number of amides is 1. The molecule has 29 heavy (non-hydrogen) atoms. The van der Waals surface area contributed by atoms with Gasteiger partial charge in [0.2, 0.25) is 5.91 Å². The first-order chi connectivity index (χ1) is 14.2. The zero-order valence-electron chi connectivity index (χ0n) is 16.2. The number of nitrogens with one attached hydrogen (secondary N) is 1. The van der Waals surface area contributed by atoms with Gasteiger partial charge in [-0.15, -0.1) is 11.3 Å². The van der Waals surface area contributed by atoms with E-state index in [9.17, 15) is 4.79 Å². The minimum Gasteiger partial charge on any atom is -0.495 e. The van der Waals surface area contributed by atoms with Gasteiger partial charge in [-0.3, -0.25) is 10.1 Å². The minimum atomic E-state index is -0.109. The molecule has 1 amide bonds. The van der Waals surface area contributed by atoms with Gasteiger partial charge in [-0.05, 0) is 29.1 Å². The van der Waals surface area contributed by atoms with Gasteiger partial charge in [0.25, 0.3) is 0 Å². The average molecular weight is 406 g/mol. The molecule has 5 nitrogen and oxygen atoms in total. The first kappa shape index (κ1) is 20.6. The molecular formula is C23H23N3O2S. The van der Waals surface area contributed by atoms with E-state index in [2.05, 4.69) is 29.6 Å². The van der Waals surface area contributed by atoms with Crippen molar-refractivity contribution in [3.8, 4) is 11.8 Å².